The van der Waals surface area contributed by atoms with Crippen LogP contribution in [-0.4, -0.2) is 10.9 Å². The van der Waals surface area contributed by atoms with Gasteiger partial charge in [0.25, 0.3) is 0 Å². The molecule has 0 aliphatic heterocycles. The Bertz CT molecular complexity index is 227. The molecular weight excluding hydrogens is 136 g/mol. The van der Waals surface area contributed by atoms with Crippen molar-refractivity contribution in [3.8, 4) is 5.75 Å². The molecule has 1 aromatic heterocycles. The van der Waals surface area contributed by atoms with Gasteiger partial charge in [0.2, 0.25) is 0 Å². The smallest absolute Gasteiger partial charge is 0.164 e. The zero-order valence-corrected chi connectivity index (χ0v) is 5.73. The van der Waals surface area contributed by atoms with Crippen LogP contribution in [0, 0.1) is 0 Å². The first-order valence-electron chi connectivity index (χ1n) is 2.48. The lowest BCUT2D eigenvalue weighted by Gasteiger charge is -1.87. The Hall–Kier alpha value is -0.830. The molecule has 1 aromatic rings. The molecule has 0 saturated carbocycles. The largest absolute Gasteiger partial charge is 0.506 e. The Morgan fingerprint density at radius 3 is 2.56 bits per heavy atom. The monoisotopic (exact) mass is 142 g/mol. The van der Waals surface area contributed by atoms with Crippen LogP contribution in [-0.2, 0) is 0 Å². The molecule has 0 fully saturated rings. The van der Waals surface area contributed by atoms with E-state index in [2.05, 4.69) is 0 Å². The van der Waals surface area contributed by atoms with E-state index in [1.165, 1.54) is 23.6 Å². The molecule has 1 heterocycles. The van der Waals surface area contributed by atoms with Crippen molar-refractivity contribution < 1.29 is 9.90 Å². The Morgan fingerprint density at radius 1 is 1.67 bits per heavy atom. The van der Waals surface area contributed by atoms with Crippen LogP contribution in [0.3, 0.4) is 0 Å². The van der Waals surface area contributed by atoms with Crippen LogP contribution >= 0.6 is 11.3 Å². The summed E-state index contributed by atoms with van der Waals surface area (Å²) in [6, 6.07) is 0. The summed E-state index contributed by atoms with van der Waals surface area (Å²) in [5.74, 6) is 0.00116. The Balaban J connectivity index is 3.08. The standard InChI is InChI=1S/C6H6O2S/c1-4(7)5-2-9-3-6(5)8/h2-3,8H,1H3. The van der Waals surface area contributed by atoms with E-state index >= 15 is 0 Å². The molecule has 0 bridgehead atoms. The second-order valence-electron chi connectivity index (χ2n) is 1.73. The molecule has 0 amide bonds. The molecule has 0 saturated heterocycles. The normalized spacial score (nSPS) is 9.44. The number of hydrogen-bond donors (Lipinski definition) is 1. The minimum absolute atomic E-state index is 0.0891. The number of ketones is 1. The average molecular weight is 142 g/mol. The van der Waals surface area contributed by atoms with Crippen LogP contribution in [0.4, 0.5) is 0 Å². The summed E-state index contributed by atoms with van der Waals surface area (Å²) in [4.78, 5) is 10.6. The van der Waals surface area contributed by atoms with E-state index in [0.29, 0.717) is 5.56 Å². The predicted octanol–water partition coefficient (Wildman–Crippen LogP) is 1.66. The molecule has 9 heavy (non-hydrogen) atoms. The van der Waals surface area contributed by atoms with Gasteiger partial charge in [-0.3, -0.25) is 4.79 Å². The third kappa shape index (κ3) is 1.10. The highest BCUT2D eigenvalue weighted by Gasteiger charge is 2.04. The summed E-state index contributed by atoms with van der Waals surface area (Å²) in [5.41, 5.74) is 0.417. The van der Waals surface area contributed by atoms with E-state index in [-0.39, 0.29) is 11.5 Å². The quantitative estimate of drug-likeness (QED) is 0.605. The van der Waals surface area contributed by atoms with Gasteiger partial charge in [0.15, 0.2) is 5.78 Å². The Kier molecular flexibility index (Phi) is 1.53. The van der Waals surface area contributed by atoms with Crippen molar-refractivity contribution in [1.82, 2.24) is 0 Å². The van der Waals surface area contributed by atoms with Crippen LogP contribution in [0.2, 0.25) is 0 Å². The maximum atomic E-state index is 10.6. The van der Waals surface area contributed by atoms with Crippen molar-refractivity contribution >= 4 is 17.1 Å². The zero-order valence-electron chi connectivity index (χ0n) is 4.92. The van der Waals surface area contributed by atoms with Crippen molar-refractivity contribution in [1.29, 1.82) is 0 Å². The van der Waals surface area contributed by atoms with Crippen LogP contribution in [0.5, 0.6) is 5.75 Å². The molecule has 1 N–H and O–H groups in total. The third-order valence-corrected chi connectivity index (χ3v) is 1.75. The predicted molar refractivity (Wildman–Crippen MR) is 36.0 cm³/mol. The Morgan fingerprint density at radius 2 is 2.33 bits per heavy atom. The highest BCUT2D eigenvalue weighted by Crippen LogP contribution is 2.21. The van der Waals surface area contributed by atoms with Crippen molar-refractivity contribution in [2.45, 2.75) is 6.92 Å². The third-order valence-electron chi connectivity index (χ3n) is 1.02. The second-order valence-corrected chi connectivity index (χ2v) is 2.47. The summed E-state index contributed by atoms with van der Waals surface area (Å²) in [7, 11) is 0. The molecule has 48 valence electrons. The van der Waals surface area contributed by atoms with Crippen LogP contribution in [0.25, 0.3) is 0 Å². The van der Waals surface area contributed by atoms with E-state index in [1.807, 2.05) is 0 Å². The fourth-order valence-corrected chi connectivity index (χ4v) is 1.30. The molecule has 0 aliphatic rings. The minimum Gasteiger partial charge on any atom is -0.506 e. The number of carbonyl (C=O) groups excluding carboxylic acids is 1. The van der Waals surface area contributed by atoms with Crippen LogP contribution < -0.4 is 0 Å². The molecule has 0 radical (unpaired) electrons. The van der Waals surface area contributed by atoms with E-state index < -0.39 is 0 Å². The first kappa shape index (κ1) is 6.29. The molecule has 1 rings (SSSR count). The summed E-state index contributed by atoms with van der Waals surface area (Å²) in [5, 5.41) is 12.1. The number of thiophene rings is 1. The fraction of sp³-hybridized carbons (Fsp3) is 0.167. The van der Waals surface area contributed by atoms with E-state index in [4.69, 9.17) is 5.11 Å². The summed E-state index contributed by atoms with van der Waals surface area (Å²) >= 11 is 1.32. The van der Waals surface area contributed by atoms with Gasteiger partial charge in [0.1, 0.15) is 5.75 Å². The molecule has 0 spiro atoms. The van der Waals surface area contributed by atoms with Crippen molar-refractivity contribution in [3.05, 3.63) is 16.3 Å². The lowest BCUT2D eigenvalue weighted by molar-refractivity contribution is 0.101. The summed E-state index contributed by atoms with van der Waals surface area (Å²) in [6.07, 6.45) is 0. The topological polar surface area (TPSA) is 37.3 Å². The lowest BCUT2D eigenvalue weighted by atomic mass is 10.2. The molecule has 0 atom stereocenters. The number of rotatable bonds is 1. The lowest BCUT2D eigenvalue weighted by Crippen LogP contribution is -1.86. The van der Waals surface area contributed by atoms with Gasteiger partial charge in [-0.15, -0.1) is 11.3 Å². The molecule has 2 nitrogen and oxygen atoms in total. The molecular formula is C6H6O2S. The number of Topliss-reactive ketones (excluding diaryl/α,β-unsaturated/α-hetero) is 1. The van der Waals surface area contributed by atoms with Crippen LogP contribution in [0.15, 0.2) is 10.8 Å². The van der Waals surface area contributed by atoms with E-state index in [9.17, 15) is 4.79 Å². The maximum absolute atomic E-state index is 10.6. The van der Waals surface area contributed by atoms with E-state index in [0.717, 1.165) is 0 Å². The number of carbonyl (C=O) groups is 1. The first-order valence-corrected chi connectivity index (χ1v) is 3.42. The van der Waals surface area contributed by atoms with Gasteiger partial charge in [-0.1, -0.05) is 0 Å². The fourth-order valence-electron chi connectivity index (χ4n) is 0.554. The van der Waals surface area contributed by atoms with Gasteiger partial charge < -0.3 is 5.11 Å². The average Bonchev–Trinajstić information content (AvgIpc) is 2.13. The molecule has 0 unspecified atom stereocenters. The molecule has 0 aliphatic carbocycles. The van der Waals surface area contributed by atoms with Crippen LogP contribution in [0.1, 0.15) is 17.3 Å². The van der Waals surface area contributed by atoms with E-state index in [1.54, 1.807) is 5.38 Å². The van der Waals surface area contributed by atoms with Gasteiger partial charge in [-0.05, 0) is 6.92 Å². The number of hydrogen-bond acceptors (Lipinski definition) is 3. The molecule has 3 heteroatoms. The van der Waals surface area contributed by atoms with Gasteiger partial charge in [-0.2, -0.15) is 0 Å². The summed E-state index contributed by atoms with van der Waals surface area (Å²) in [6.45, 7) is 1.43. The SMILES string of the molecule is CC(=O)c1cscc1O. The van der Waals surface area contributed by atoms with Crippen molar-refractivity contribution in [2.24, 2.45) is 0 Å². The van der Waals surface area contributed by atoms with Gasteiger partial charge >= 0.3 is 0 Å². The van der Waals surface area contributed by atoms with Crippen molar-refractivity contribution in [2.75, 3.05) is 0 Å². The zero-order chi connectivity index (χ0) is 6.85. The van der Waals surface area contributed by atoms with Gasteiger partial charge in [0, 0.05) is 10.8 Å². The summed E-state index contributed by atoms with van der Waals surface area (Å²) < 4.78 is 0. The minimum atomic E-state index is -0.0891. The van der Waals surface area contributed by atoms with Gasteiger partial charge in [0.05, 0.1) is 5.56 Å². The molecule has 0 aromatic carbocycles. The Labute approximate surface area is 56.8 Å². The number of aromatic hydroxyl groups is 1. The second kappa shape index (κ2) is 2.19. The highest BCUT2D eigenvalue weighted by atomic mass is 32.1. The maximum Gasteiger partial charge on any atom is 0.164 e. The van der Waals surface area contributed by atoms with Gasteiger partial charge in [-0.25, -0.2) is 0 Å². The first-order chi connectivity index (χ1) is 4.22. The highest BCUT2D eigenvalue weighted by molar-refractivity contribution is 7.08. The van der Waals surface area contributed by atoms with Crippen molar-refractivity contribution in [3.63, 3.8) is 0 Å².